The van der Waals surface area contributed by atoms with E-state index < -0.39 is 0 Å². The lowest BCUT2D eigenvalue weighted by Gasteiger charge is -2.24. The molecule has 152 valence electrons. The van der Waals surface area contributed by atoms with E-state index in [4.69, 9.17) is 10.1 Å². The molecule has 0 fully saturated rings. The Balaban J connectivity index is 1.78. The standard InChI is InChI=1S/C25H26N4O/c1-16(2)29(3)24(26)18-9-7-8-17(12-18)19-13-21-22(15-28-25(21)27-14-19)20-10-5-6-11-23(20)30-4/h5-16,26H,1-4H3,(H,27,28). The summed E-state index contributed by atoms with van der Waals surface area (Å²) in [5, 5.41) is 9.55. The summed E-state index contributed by atoms with van der Waals surface area (Å²) in [6, 6.07) is 18.5. The molecular weight excluding hydrogens is 372 g/mol. The van der Waals surface area contributed by atoms with Gasteiger partial charge in [-0.1, -0.05) is 36.4 Å². The first-order valence-electron chi connectivity index (χ1n) is 10.0. The summed E-state index contributed by atoms with van der Waals surface area (Å²) in [5.41, 5.74) is 5.86. The van der Waals surface area contributed by atoms with Crippen LogP contribution in [0.15, 0.2) is 67.0 Å². The summed E-state index contributed by atoms with van der Waals surface area (Å²) >= 11 is 0. The first-order chi connectivity index (χ1) is 14.5. The molecular formula is C25H26N4O. The number of aromatic nitrogens is 2. The Kier molecular flexibility index (Phi) is 5.27. The van der Waals surface area contributed by atoms with Gasteiger partial charge in [-0.15, -0.1) is 0 Å². The highest BCUT2D eigenvalue weighted by Gasteiger charge is 2.14. The first kappa shape index (κ1) is 19.7. The molecule has 0 atom stereocenters. The van der Waals surface area contributed by atoms with Crippen molar-refractivity contribution in [3.63, 3.8) is 0 Å². The first-order valence-corrected chi connectivity index (χ1v) is 10.0. The third kappa shape index (κ3) is 3.54. The van der Waals surface area contributed by atoms with E-state index >= 15 is 0 Å². The van der Waals surface area contributed by atoms with E-state index in [0.29, 0.717) is 5.84 Å². The van der Waals surface area contributed by atoms with E-state index in [2.05, 4.69) is 48.1 Å². The van der Waals surface area contributed by atoms with Gasteiger partial charge in [0.15, 0.2) is 0 Å². The van der Waals surface area contributed by atoms with E-state index in [1.807, 2.05) is 54.7 Å². The van der Waals surface area contributed by atoms with Crippen LogP contribution in [0.2, 0.25) is 0 Å². The number of hydrogen-bond acceptors (Lipinski definition) is 3. The monoisotopic (exact) mass is 398 g/mol. The number of amidine groups is 1. The van der Waals surface area contributed by atoms with Crippen molar-refractivity contribution in [1.82, 2.24) is 14.9 Å². The Hall–Kier alpha value is -3.60. The number of ether oxygens (including phenoxy) is 1. The summed E-state index contributed by atoms with van der Waals surface area (Å²) in [6.07, 6.45) is 3.85. The summed E-state index contributed by atoms with van der Waals surface area (Å²) < 4.78 is 5.55. The molecule has 0 aliphatic carbocycles. The highest BCUT2D eigenvalue weighted by atomic mass is 16.5. The third-order valence-electron chi connectivity index (χ3n) is 5.52. The maximum absolute atomic E-state index is 8.51. The van der Waals surface area contributed by atoms with E-state index in [-0.39, 0.29) is 6.04 Å². The maximum atomic E-state index is 8.51. The summed E-state index contributed by atoms with van der Waals surface area (Å²) in [7, 11) is 3.64. The Morgan fingerprint density at radius 2 is 1.83 bits per heavy atom. The zero-order valence-electron chi connectivity index (χ0n) is 17.7. The number of nitrogens with one attached hydrogen (secondary N) is 2. The molecule has 5 nitrogen and oxygen atoms in total. The molecule has 0 radical (unpaired) electrons. The van der Waals surface area contributed by atoms with Gasteiger partial charge in [0.25, 0.3) is 0 Å². The van der Waals surface area contributed by atoms with Crippen molar-refractivity contribution in [3.05, 3.63) is 72.6 Å². The van der Waals surface area contributed by atoms with Gasteiger partial charge >= 0.3 is 0 Å². The Morgan fingerprint density at radius 3 is 2.60 bits per heavy atom. The predicted octanol–water partition coefficient (Wildman–Crippen LogP) is 5.57. The minimum atomic E-state index is 0.266. The molecule has 0 amide bonds. The highest BCUT2D eigenvalue weighted by Crippen LogP contribution is 2.36. The number of benzene rings is 2. The minimum Gasteiger partial charge on any atom is -0.496 e. The van der Waals surface area contributed by atoms with Gasteiger partial charge in [-0.25, -0.2) is 4.98 Å². The fourth-order valence-corrected chi connectivity index (χ4v) is 3.56. The molecule has 0 aliphatic rings. The quantitative estimate of drug-likeness (QED) is 0.341. The molecule has 0 unspecified atom stereocenters. The van der Waals surface area contributed by atoms with Crippen LogP contribution in [0.25, 0.3) is 33.3 Å². The molecule has 2 heterocycles. The van der Waals surface area contributed by atoms with Crippen molar-refractivity contribution in [2.75, 3.05) is 14.2 Å². The average molecular weight is 399 g/mol. The second-order valence-electron chi connectivity index (χ2n) is 7.66. The van der Waals surface area contributed by atoms with Crippen molar-refractivity contribution >= 4 is 16.9 Å². The lowest BCUT2D eigenvalue weighted by atomic mass is 10.00. The number of H-pyrrole nitrogens is 1. The van der Waals surface area contributed by atoms with Gasteiger partial charge in [-0.3, -0.25) is 5.41 Å². The van der Waals surface area contributed by atoms with Gasteiger partial charge in [-0.2, -0.15) is 0 Å². The van der Waals surface area contributed by atoms with Gasteiger partial charge in [0.05, 0.1) is 7.11 Å². The van der Waals surface area contributed by atoms with Gasteiger partial charge in [0, 0.05) is 53.1 Å². The summed E-state index contributed by atoms with van der Waals surface area (Å²) in [6.45, 7) is 4.17. The van der Waals surface area contributed by atoms with Crippen molar-refractivity contribution in [2.45, 2.75) is 19.9 Å². The van der Waals surface area contributed by atoms with Gasteiger partial charge in [0.1, 0.15) is 17.2 Å². The van der Waals surface area contributed by atoms with Crippen molar-refractivity contribution in [3.8, 4) is 28.0 Å². The Labute approximate surface area is 176 Å². The number of nitrogens with zero attached hydrogens (tertiary/aromatic N) is 2. The van der Waals surface area contributed by atoms with Crippen LogP contribution in [0, 0.1) is 5.41 Å². The van der Waals surface area contributed by atoms with Crippen molar-refractivity contribution < 1.29 is 4.74 Å². The molecule has 0 saturated carbocycles. The van der Waals surface area contributed by atoms with E-state index in [0.717, 1.165) is 44.6 Å². The van der Waals surface area contributed by atoms with Crippen LogP contribution in [0.5, 0.6) is 5.75 Å². The van der Waals surface area contributed by atoms with Crippen LogP contribution in [0.4, 0.5) is 0 Å². The van der Waals surface area contributed by atoms with Gasteiger partial charge in [-0.05, 0) is 37.6 Å². The average Bonchev–Trinajstić information content (AvgIpc) is 3.21. The lowest BCUT2D eigenvalue weighted by molar-refractivity contribution is 0.416. The summed E-state index contributed by atoms with van der Waals surface area (Å²) in [5.74, 6) is 1.34. The fourth-order valence-electron chi connectivity index (χ4n) is 3.56. The fraction of sp³-hybridized carbons (Fsp3) is 0.200. The molecule has 30 heavy (non-hydrogen) atoms. The molecule has 0 bridgehead atoms. The van der Waals surface area contributed by atoms with Crippen LogP contribution in [-0.4, -0.2) is 40.9 Å². The predicted molar refractivity (Wildman–Crippen MR) is 123 cm³/mol. The molecule has 5 heteroatoms. The van der Waals surface area contributed by atoms with E-state index in [1.54, 1.807) is 7.11 Å². The van der Waals surface area contributed by atoms with E-state index in [1.165, 1.54) is 0 Å². The highest BCUT2D eigenvalue weighted by molar-refractivity contribution is 5.99. The molecule has 4 aromatic rings. The van der Waals surface area contributed by atoms with Crippen LogP contribution in [0.3, 0.4) is 0 Å². The van der Waals surface area contributed by atoms with Gasteiger partial charge < -0.3 is 14.6 Å². The van der Waals surface area contributed by atoms with Crippen molar-refractivity contribution in [1.29, 1.82) is 5.41 Å². The Bertz CT molecular complexity index is 1210. The second-order valence-corrected chi connectivity index (χ2v) is 7.66. The van der Waals surface area contributed by atoms with E-state index in [9.17, 15) is 0 Å². The molecule has 4 rings (SSSR count). The lowest BCUT2D eigenvalue weighted by Crippen LogP contribution is -2.32. The molecule has 2 aromatic carbocycles. The Morgan fingerprint density at radius 1 is 1.03 bits per heavy atom. The molecule has 0 aliphatic heterocycles. The third-order valence-corrected chi connectivity index (χ3v) is 5.52. The molecule has 0 saturated heterocycles. The van der Waals surface area contributed by atoms with Crippen LogP contribution < -0.4 is 4.74 Å². The second kappa shape index (κ2) is 8.03. The zero-order valence-corrected chi connectivity index (χ0v) is 17.7. The summed E-state index contributed by atoms with van der Waals surface area (Å²) in [4.78, 5) is 9.87. The number of hydrogen-bond donors (Lipinski definition) is 2. The normalized spacial score (nSPS) is 11.1. The number of fused-ring (bicyclic) bond motifs is 1. The largest absolute Gasteiger partial charge is 0.496 e. The number of pyridine rings is 1. The topological polar surface area (TPSA) is 65.0 Å². The number of para-hydroxylation sites is 1. The minimum absolute atomic E-state index is 0.266. The molecule has 2 N–H and O–H groups in total. The zero-order chi connectivity index (χ0) is 21.3. The number of rotatable bonds is 5. The maximum Gasteiger partial charge on any atom is 0.137 e. The van der Waals surface area contributed by atoms with Crippen LogP contribution in [-0.2, 0) is 0 Å². The molecule has 2 aromatic heterocycles. The SMILES string of the molecule is COc1ccccc1-c1c[nH]c2ncc(-c3cccc(C(=N)N(C)C(C)C)c3)cc12. The molecule has 0 spiro atoms. The smallest absolute Gasteiger partial charge is 0.137 e. The van der Waals surface area contributed by atoms with Gasteiger partial charge in [0.2, 0.25) is 0 Å². The van der Waals surface area contributed by atoms with Crippen molar-refractivity contribution in [2.24, 2.45) is 0 Å². The van der Waals surface area contributed by atoms with Crippen LogP contribution in [0.1, 0.15) is 19.4 Å². The number of methoxy groups -OCH3 is 1. The van der Waals surface area contributed by atoms with Crippen LogP contribution >= 0.6 is 0 Å². The number of aromatic amines is 1.